The third-order valence-electron chi connectivity index (χ3n) is 5.22. The maximum Gasteiger partial charge on any atom is 0.433 e. The summed E-state index contributed by atoms with van der Waals surface area (Å²) in [7, 11) is 0. The number of alkyl halides is 3. The lowest BCUT2D eigenvalue weighted by molar-refractivity contribution is -0.142. The highest BCUT2D eigenvalue weighted by Gasteiger charge is 2.36. The fourth-order valence-electron chi connectivity index (χ4n) is 3.63. The van der Waals surface area contributed by atoms with Gasteiger partial charge in [-0.2, -0.15) is 18.3 Å². The maximum absolute atomic E-state index is 13.8. The maximum atomic E-state index is 13.8. The summed E-state index contributed by atoms with van der Waals surface area (Å²) >= 11 is 11.9. The Kier molecular flexibility index (Phi) is 5.40. The van der Waals surface area contributed by atoms with Gasteiger partial charge < -0.3 is 4.90 Å². The molecule has 0 N–H and O–H groups in total. The summed E-state index contributed by atoms with van der Waals surface area (Å²) in [4.78, 5) is 18.8. The summed E-state index contributed by atoms with van der Waals surface area (Å²) in [5.41, 5.74) is -0.735. The second-order valence-corrected chi connectivity index (χ2v) is 8.11. The molecule has 1 amide bonds. The molecule has 158 valence electrons. The Hall–Kier alpha value is -2.32. The minimum atomic E-state index is -4.70. The second-order valence-electron chi connectivity index (χ2n) is 7.30. The lowest BCUT2D eigenvalue weighted by Gasteiger charge is -2.32. The zero-order valence-electron chi connectivity index (χ0n) is 15.9. The normalized spacial score (nSPS) is 17.5. The molecule has 0 unspecified atom stereocenters. The van der Waals surface area contributed by atoms with Crippen molar-refractivity contribution in [1.29, 1.82) is 0 Å². The molecule has 1 saturated heterocycles. The molecule has 1 aromatic carbocycles. The van der Waals surface area contributed by atoms with Gasteiger partial charge in [0.15, 0.2) is 17.0 Å². The van der Waals surface area contributed by atoms with E-state index in [1.165, 1.54) is 24.3 Å². The van der Waals surface area contributed by atoms with Crippen LogP contribution in [0.15, 0.2) is 30.3 Å². The zero-order valence-corrected chi connectivity index (χ0v) is 17.4. The number of rotatable bonds is 2. The number of hydrogen-bond donors (Lipinski definition) is 0. The van der Waals surface area contributed by atoms with Crippen molar-refractivity contribution in [2.75, 3.05) is 6.54 Å². The van der Waals surface area contributed by atoms with Crippen LogP contribution in [0, 0.1) is 0 Å². The van der Waals surface area contributed by atoms with Crippen molar-refractivity contribution in [3.05, 3.63) is 51.8 Å². The summed E-state index contributed by atoms with van der Waals surface area (Å²) in [6.07, 6.45) is -1.97. The van der Waals surface area contributed by atoms with Crippen LogP contribution in [0.2, 0.25) is 10.0 Å². The molecule has 0 radical (unpaired) electrons. The van der Waals surface area contributed by atoms with Gasteiger partial charge in [-0.25, -0.2) is 9.50 Å². The Morgan fingerprint density at radius 3 is 2.57 bits per heavy atom. The monoisotopic (exact) mass is 456 g/mol. The van der Waals surface area contributed by atoms with E-state index in [1.54, 1.807) is 4.90 Å². The molecule has 1 fully saturated rings. The molecule has 4 rings (SSSR count). The molecule has 3 heterocycles. The Labute approximate surface area is 180 Å². The molecule has 0 aliphatic carbocycles. The number of fused-ring (bicyclic) bond motifs is 1. The van der Waals surface area contributed by atoms with Crippen molar-refractivity contribution in [3.8, 4) is 11.3 Å². The van der Waals surface area contributed by atoms with E-state index in [0.29, 0.717) is 16.6 Å². The van der Waals surface area contributed by atoms with E-state index in [0.717, 1.165) is 25.3 Å². The molecular formula is C20H17Cl2F3N4O. The van der Waals surface area contributed by atoms with E-state index < -0.39 is 17.8 Å². The van der Waals surface area contributed by atoms with Gasteiger partial charge in [-0.15, -0.1) is 0 Å². The average molecular weight is 457 g/mol. The van der Waals surface area contributed by atoms with Crippen molar-refractivity contribution in [2.45, 2.75) is 38.4 Å². The Balaban J connectivity index is 1.83. The topological polar surface area (TPSA) is 50.5 Å². The quantitative estimate of drug-likeness (QED) is 0.494. The van der Waals surface area contributed by atoms with Gasteiger partial charge in [0.25, 0.3) is 5.91 Å². The molecule has 1 aliphatic heterocycles. The SMILES string of the molecule is C[C@H]1CCCCN1C(=O)c1cc2nc(-c3ccc(Cl)c(Cl)c3)cc(C(F)(F)F)n2n1. The van der Waals surface area contributed by atoms with Gasteiger partial charge in [-0.05, 0) is 44.4 Å². The number of nitrogens with zero attached hydrogens (tertiary/aromatic N) is 4. The van der Waals surface area contributed by atoms with E-state index in [9.17, 15) is 18.0 Å². The van der Waals surface area contributed by atoms with E-state index in [2.05, 4.69) is 10.1 Å². The predicted octanol–water partition coefficient (Wildman–Crippen LogP) is 5.74. The summed E-state index contributed by atoms with van der Waals surface area (Å²) in [6.45, 7) is 2.48. The van der Waals surface area contributed by atoms with Crippen molar-refractivity contribution in [3.63, 3.8) is 0 Å². The highest BCUT2D eigenvalue weighted by Crippen LogP contribution is 2.34. The van der Waals surface area contributed by atoms with Gasteiger partial charge in [-0.3, -0.25) is 4.79 Å². The van der Waals surface area contributed by atoms with Gasteiger partial charge in [0.05, 0.1) is 15.7 Å². The van der Waals surface area contributed by atoms with Crippen LogP contribution >= 0.6 is 23.2 Å². The first-order valence-electron chi connectivity index (χ1n) is 9.39. The van der Waals surface area contributed by atoms with Crippen LogP contribution in [0.4, 0.5) is 13.2 Å². The molecule has 1 atom stereocenters. The number of aromatic nitrogens is 3. The van der Waals surface area contributed by atoms with E-state index >= 15 is 0 Å². The number of hydrogen-bond acceptors (Lipinski definition) is 3. The van der Waals surface area contributed by atoms with Crippen molar-refractivity contribution in [1.82, 2.24) is 19.5 Å². The summed E-state index contributed by atoms with van der Waals surface area (Å²) in [5.74, 6) is -0.392. The number of amides is 1. The fourth-order valence-corrected chi connectivity index (χ4v) is 3.93. The fraction of sp³-hybridized carbons (Fsp3) is 0.350. The first-order valence-corrected chi connectivity index (χ1v) is 10.1. The first-order chi connectivity index (χ1) is 14.1. The van der Waals surface area contributed by atoms with E-state index in [4.69, 9.17) is 23.2 Å². The third-order valence-corrected chi connectivity index (χ3v) is 5.95. The van der Waals surface area contributed by atoms with E-state index in [1.807, 2.05) is 6.92 Å². The Morgan fingerprint density at radius 2 is 1.90 bits per heavy atom. The Bertz CT molecular complexity index is 1130. The van der Waals surface area contributed by atoms with Crippen LogP contribution in [0.25, 0.3) is 16.9 Å². The second kappa shape index (κ2) is 7.74. The van der Waals surface area contributed by atoms with Crippen LogP contribution in [0.5, 0.6) is 0 Å². The molecule has 0 saturated carbocycles. The number of carbonyl (C=O) groups excluding carboxylic acids is 1. The van der Waals surface area contributed by atoms with Gasteiger partial charge in [-0.1, -0.05) is 29.3 Å². The lowest BCUT2D eigenvalue weighted by atomic mass is 10.0. The van der Waals surface area contributed by atoms with Gasteiger partial charge in [0.1, 0.15) is 0 Å². The standard InChI is InChI=1S/C20H17Cl2F3N4O/c1-11-4-2-3-7-28(11)19(30)16-10-18-26-15(12-5-6-13(21)14(22)8-12)9-17(20(23,24)25)29(18)27-16/h5-6,8-11H,2-4,7H2,1H3/t11-/m0/s1. The molecule has 5 nitrogen and oxygen atoms in total. The number of carbonyl (C=O) groups is 1. The molecule has 10 heteroatoms. The number of benzene rings is 1. The zero-order chi connectivity index (χ0) is 21.6. The van der Waals surface area contributed by atoms with Crippen LogP contribution in [0.3, 0.4) is 0 Å². The average Bonchev–Trinajstić information content (AvgIpc) is 3.12. The van der Waals surface area contributed by atoms with Gasteiger partial charge in [0.2, 0.25) is 0 Å². The smallest absolute Gasteiger partial charge is 0.335 e. The van der Waals surface area contributed by atoms with Crippen LogP contribution < -0.4 is 0 Å². The number of halogens is 5. The van der Waals surface area contributed by atoms with Crippen LogP contribution in [-0.4, -0.2) is 38.0 Å². The summed E-state index contributed by atoms with van der Waals surface area (Å²) < 4.78 is 41.9. The minimum absolute atomic E-state index is 0.0119. The van der Waals surface area contributed by atoms with Crippen molar-refractivity contribution < 1.29 is 18.0 Å². The lowest BCUT2D eigenvalue weighted by Crippen LogP contribution is -2.42. The Morgan fingerprint density at radius 1 is 1.13 bits per heavy atom. The summed E-state index contributed by atoms with van der Waals surface area (Å²) in [6, 6.07) is 6.66. The number of likely N-dealkylation sites (tertiary alicyclic amines) is 1. The molecule has 2 aromatic heterocycles. The molecular weight excluding hydrogens is 440 g/mol. The van der Waals surface area contributed by atoms with E-state index in [-0.39, 0.29) is 33.1 Å². The van der Waals surface area contributed by atoms with Crippen LogP contribution in [0.1, 0.15) is 42.4 Å². The van der Waals surface area contributed by atoms with Crippen molar-refractivity contribution in [2.24, 2.45) is 0 Å². The highest BCUT2D eigenvalue weighted by molar-refractivity contribution is 6.42. The van der Waals surface area contributed by atoms with Gasteiger partial charge in [0, 0.05) is 24.2 Å². The predicted molar refractivity (Wildman–Crippen MR) is 108 cm³/mol. The molecule has 0 bridgehead atoms. The van der Waals surface area contributed by atoms with Crippen molar-refractivity contribution >= 4 is 34.8 Å². The molecule has 1 aliphatic rings. The highest BCUT2D eigenvalue weighted by atomic mass is 35.5. The molecule has 30 heavy (non-hydrogen) atoms. The number of piperidine rings is 1. The summed E-state index contributed by atoms with van der Waals surface area (Å²) in [5, 5.41) is 4.44. The minimum Gasteiger partial charge on any atom is -0.335 e. The van der Waals surface area contributed by atoms with Crippen LogP contribution in [-0.2, 0) is 6.18 Å². The largest absolute Gasteiger partial charge is 0.433 e. The third kappa shape index (κ3) is 3.86. The molecule has 0 spiro atoms. The van der Waals surface area contributed by atoms with Gasteiger partial charge >= 0.3 is 6.18 Å². The first kappa shape index (κ1) is 20.9. The molecule has 3 aromatic rings.